The van der Waals surface area contributed by atoms with E-state index in [1.807, 2.05) is 6.92 Å². The van der Waals surface area contributed by atoms with Crippen molar-refractivity contribution in [1.29, 1.82) is 0 Å². The van der Waals surface area contributed by atoms with Crippen LogP contribution in [0, 0.1) is 0 Å². The Morgan fingerprint density at radius 3 is 2.60 bits per heavy atom. The van der Waals surface area contributed by atoms with Gasteiger partial charge in [0.25, 0.3) is 0 Å². The number of alkyl halides is 1. The van der Waals surface area contributed by atoms with Gasteiger partial charge in [-0.3, -0.25) is 4.79 Å². The van der Waals surface area contributed by atoms with Crippen LogP contribution in [-0.2, 0) is 4.79 Å². The van der Waals surface area contributed by atoms with E-state index in [1.54, 1.807) is 4.90 Å². The predicted octanol–water partition coefficient (Wildman–Crippen LogP) is 0.826. The van der Waals surface area contributed by atoms with Crippen molar-refractivity contribution in [3.63, 3.8) is 0 Å². The first-order valence-electron chi connectivity index (χ1n) is 4.93. The van der Waals surface area contributed by atoms with Crippen LogP contribution < -0.4 is 0 Å². The van der Waals surface area contributed by atoms with Gasteiger partial charge in [0.1, 0.15) is 5.88 Å². The molecule has 0 bridgehead atoms. The van der Waals surface area contributed by atoms with Gasteiger partial charge in [-0.25, -0.2) is 4.79 Å². The molecule has 5 nitrogen and oxygen atoms in total. The molecule has 0 aromatic rings. The van der Waals surface area contributed by atoms with Gasteiger partial charge in [0, 0.05) is 19.6 Å². The lowest BCUT2D eigenvalue weighted by atomic mass is 10.1. The molecular weight excluding hydrogens is 220 g/mol. The van der Waals surface area contributed by atoms with Gasteiger partial charge in [-0.2, -0.15) is 0 Å². The van der Waals surface area contributed by atoms with Crippen molar-refractivity contribution in [3.8, 4) is 0 Å². The summed E-state index contributed by atoms with van der Waals surface area (Å²) >= 11 is 5.45. The summed E-state index contributed by atoms with van der Waals surface area (Å²) in [7, 11) is 0. The average molecular weight is 235 g/mol. The summed E-state index contributed by atoms with van der Waals surface area (Å²) in [6.07, 6.45) is -0.210. The van der Waals surface area contributed by atoms with Crippen LogP contribution in [0.25, 0.3) is 0 Å². The molecule has 0 radical (unpaired) electrons. The van der Waals surface area contributed by atoms with Crippen LogP contribution in [0.4, 0.5) is 4.79 Å². The van der Waals surface area contributed by atoms with Crippen LogP contribution in [0.2, 0.25) is 0 Å². The van der Waals surface area contributed by atoms with Crippen LogP contribution in [0.5, 0.6) is 0 Å². The second kappa shape index (κ2) is 5.21. The van der Waals surface area contributed by atoms with Crippen LogP contribution >= 0.6 is 11.6 Å². The van der Waals surface area contributed by atoms with Gasteiger partial charge in [-0.1, -0.05) is 6.92 Å². The summed E-state index contributed by atoms with van der Waals surface area (Å²) in [6.45, 7) is 3.18. The van der Waals surface area contributed by atoms with Crippen molar-refractivity contribution in [2.75, 3.05) is 25.5 Å². The number of piperazine rings is 1. The van der Waals surface area contributed by atoms with Crippen molar-refractivity contribution in [2.45, 2.75) is 19.4 Å². The molecule has 0 aromatic heterocycles. The Bertz CT molecular complexity index is 260. The van der Waals surface area contributed by atoms with E-state index in [2.05, 4.69) is 0 Å². The predicted molar refractivity (Wildman–Crippen MR) is 56.1 cm³/mol. The SMILES string of the molecule is CCC1CN(C(=O)CCl)CCN1C(=O)O. The number of halogens is 1. The topological polar surface area (TPSA) is 60.9 Å². The molecule has 0 aromatic carbocycles. The number of carbonyl (C=O) groups is 2. The summed E-state index contributed by atoms with van der Waals surface area (Å²) in [4.78, 5) is 25.2. The number of carbonyl (C=O) groups excluding carboxylic acids is 1. The maximum atomic E-state index is 11.3. The molecule has 1 saturated heterocycles. The monoisotopic (exact) mass is 234 g/mol. The maximum absolute atomic E-state index is 11.3. The smallest absolute Gasteiger partial charge is 0.407 e. The van der Waals surface area contributed by atoms with Crippen molar-refractivity contribution in [3.05, 3.63) is 0 Å². The molecule has 1 rings (SSSR count). The summed E-state index contributed by atoms with van der Waals surface area (Å²) in [5.74, 6) is -0.163. The maximum Gasteiger partial charge on any atom is 0.407 e. The highest BCUT2D eigenvalue weighted by Gasteiger charge is 2.30. The molecule has 0 spiro atoms. The van der Waals surface area contributed by atoms with Gasteiger partial charge in [-0.15, -0.1) is 11.6 Å². The zero-order valence-corrected chi connectivity index (χ0v) is 9.40. The Kier molecular flexibility index (Phi) is 4.20. The lowest BCUT2D eigenvalue weighted by Gasteiger charge is -2.39. The van der Waals surface area contributed by atoms with E-state index in [9.17, 15) is 9.59 Å². The molecule has 15 heavy (non-hydrogen) atoms. The Morgan fingerprint density at radius 1 is 1.47 bits per heavy atom. The third-order valence-corrected chi connectivity index (χ3v) is 2.90. The normalized spacial score (nSPS) is 21.6. The average Bonchev–Trinajstić information content (AvgIpc) is 2.26. The second-order valence-electron chi connectivity index (χ2n) is 3.51. The zero-order chi connectivity index (χ0) is 11.4. The molecule has 86 valence electrons. The van der Waals surface area contributed by atoms with E-state index in [1.165, 1.54) is 4.90 Å². The van der Waals surface area contributed by atoms with E-state index >= 15 is 0 Å². The molecular formula is C9H15ClN2O3. The van der Waals surface area contributed by atoms with E-state index in [0.29, 0.717) is 26.1 Å². The Labute approximate surface area is 93.6 Å². The number of hydrogen-bond donors (Lipinski definition) is 1. The molecule has 0 aliphatic carbocycles. The van der Waals surface area contributed by atoms with Gasteiger partial charge < -0.3 is 14.9 Å². The van der Waals surface area contributed by atoms with Crippen molar-refractivity contribution in [1.82, 2.24) is 9.80 Å². The fourth-order valence-electron chi connectivity index (χ4n) is 1.77. The lowest BCUT2D eigenvalue weighted by Crippen LogP contribution is -2.56. The molecule has 1 heterocycles. The summed E-state index contributed by atoms with van der Waals surface area (Å²) in [5, 5.41) is 8.92. The summed E-state index contributed by atoms with van der Waals surface area (Å²) in [6, 6.07) is -0.108. The molecule has 1 fully saturated rings. The molecule has 1 unspecified atom stereocenters. The van der Waals surface area contributed by atoms with Gasteiger partial charge in [0.05, 0.1) is 6.04 Å². The highest BCUT2D eigenvalue weighted by molar-refractivity contribution is 6.27. The molecule has 2 amide bonds. The van der Waals surface area contributed by atoms with Crippen LogP contribution in [0.15, 0.2) is 0 Å². The van der Waals surface area contributed by atoms with E-state index in [-0.39, 0.29) is 17.8 Å². The Hall–Kier alpha value is -0.970. The quantitative estimate of drug-likeness (QED) is 0.720. The number of rotatable bonds is 2. The van der Waals surface area contributed by atoms with E-state index in [4.69, 9.17) is 16.7 Å². The fourth-order valence-corrected chi connectivity index (χ4v) is 1.94. The van der Waals surface area contributed by atoms with Crippen LogP contribution in [0.1, 0.15) is 13.3 Å². The van der Waals surface area contributed by atoms with Crippen molar-refractivity contribution in [2.24, 2.45) is 0 Å². The van der Waals surface area contributed by atoms with Gasteiger partial charge >= 0.3 is 6.09 Å². The molecule has 6 heteroatoms. The van der Waals surface area contributed by atoms with Gasteiger partial charge in [0.15, 0.2) is 0 Å². The molecule has 1 atom stereocenters. The summed E-state index contributed by atoms with van der Waals surface area (Å²) in [5.41, 5.74) is 0. The first kappa shape index (κ1) is 12.1. The van der Waals surface area contributed by atoms with E-state index < -0.39 is 6.09 Å². The second-order valence-corrected chi connectivity index (χ2v) is 3.78. The highest BCUT2D eigenvalue weighted by Crippen LogP contribution is 2.13. The third kappa shape index (κ3) is 2.75. The van der Waals surface area contributed by atoms with Gasteiger partial charge in [-0.05, 0) is 6.42 Å². The number of carboxylic acid groups (broad SMARTS) is 1. The number of nitrogens with zero attached hydrogens (tertiary/aromatic N) is 2. The highest BCUT2D eigenvalue weighted by atomic mass is 35.5. The first-order chi connectivity index (χ1) is 7.10. The minimum absolute atomic E-state index is 0.0382. The van der Waals surface area contributed by atoms with Crippen LogP contribution in [0.3, 0.4) is 0 Å². The van der Waals surface area contributed by atoms with E-state index in [0.717, 1.165) is 0 Å². The van der Waals surface area contributed by atoms with Crippen molar-refractivity contribution < 1.29 is 14.7 Å². The Morgan fingerprint density at radius 2 is 2.13 bits per heavy atom. The zero-order valence-electron chi connectivity index (χ0n) is 8.65. The first-order valence-corrected chi connectivity index (χ1v) is 5.46. The number of amides is 2. The van der Waals surface area contributed by atoms with Crippen molar-refractivity contribution >= 4 is 23.6 Å². The minimum atomic E-state index is -0.917. The Balaban J connectivity index is 2.62. The molecule has 0 saturated carbocycles. The lowest BCUT2D eigenvalue weighted by molar-refractivity contribution is -0.131. The van der Waals surface area contributed by atoms with Crippen LogP contribution in [-0.4, -0.2) is 58.5 Å². The summed E-state index contributed by atoms with van der Waals surface area (Å²) < 4.78 is 0. The standard InChI is InChI=1S/C9H15ClN2O3/c1-2-7-6-11(8(13)5-10)3-4-12(7)9(14)15/h7H,2-6H2,1H3,(H,14,15). The molecule has 1 N–H and O–H groups in total. The molecule has 1 aliphatic heterocycles. The third-order valence-electron chi connectivity index (χ3n) is 2.67. The minimum Gasteiger partial charge on any atom is -0.465 e. The molecule has 1 aliphatic rings. The fraction of sp³-hybridized carbons (Fsp3) is 0.778. The number of hydrogen-bond acceptors (Lipinski definition) is 2. The van der Waals surface area contributed by atoms with Gasteiger partial charge in [0.2, 0.25) is 5.91 Å². The largest absolute Gasteiger partial charge is 0.465 e.